The number of carbonyl (C=O) groups is 2. The van der Waals surface area contributed by atoms with E-state index >= 15 is 0 Å². The van der Waals surface area contributed by atoms with Crippen molar-refractivity contribution in [3.8, 4) is 0 Å². The van der Waals surface area contributed by atoms with Gasteiger partial charge >= 0.3 is 5.97 Å². The summed E-state index contributed by atoms with van der Waals surface area (Å²) in [5, 5.41) is 0. The molecule has 2 aromatic carbocycles. The first kappa shape index (κ1) is 21.1. The van der Waals surface area contributed by atoms with E-state index in [1.165, 1.54) is 28.6 Å². The van der Waals surface area contributed by atoms with Crippen molar-refractivity contribution in [1.82, 2.24) is 4.31 Å². The van der Waals surface area contributed by atoms with Crippen molar-refractivity contribution in [1.29, 1.82) is 0 Å². The molecule has 6 nitrogen and oxygen atoms in total. The number of benzene rings is 2. The summed E-state index contributed by atoms with van der Waals surface area (Å²) in [6, 6.07) is 7.88. The Kier molecular flexibility index (Phi) is 6.39. The van der Waals surface area contributed by atoms with Crippen molar-refractivity contribution in [2.75, 3.05) is 19.7 Å². The van der Waals surface area contributed by atoms with Crippen LogP contribution in [-0.4, -0.2) is 44.2 Å². The van der Waals surface area contributed by atoms with Crippen LogP contribution in [0.15, 0.2) is 47.4 Å². The van der Waals surface area contributed by atoms with Crippen molar-refractivity contribution in [2.24, 2.45) is 0 Å². The summed E-state index contributed by atoms with van der Waals surface area (Å²) in [6.07, 6.45) is 2.63. The van der Waals surface area contributed by atoms with E-state index in [1.54, 1.807) is 0 Å². The Labute approximate surface area is 167 Å². The zero-order valence-electron chi connectivity index (χ0n) is 15.4. The van der Waals surface area contributed by atoms with Crippen molar-refractivity contribution in [2.45, 2.75) is 24.2 Å². The molecular weight excluding hydrogens is 404 g/mol. The number of nitrogens with zero attached hydrogens (tertiary/aromatic N) is 1. The smallest absolute Gasteiger partial charge is 0.338 e. The van der Waals surface area contributed by atoms with Gasteiger partial charge in [-0.3, -0.25) is 4.79 Å². The number of Topliss-reactive ketones (excluding diaryl/α,β-unsaturated/α-hetero) is 1. The Hall–Kier alpha value is -2.65. The molecule has 0 aliphatic carbocycles. The molecule has 1 saturated heterocycles. The average Bonchev–Trinajstić information content (AvgIpc) is 2.74. The van der Waals surface area contributed by atoms with Crippen LogP contribution in [0, 0.1) is 11.6 Å². The molecule has 1 aliphatic heterocycles. The molecule has 0 N–H and O–H groups in total. The second-order valence-corrected chi connectivity index (χ2v) is 8.56. The fraction of sp³-hybridized carbons (Fsp3) is 0.300. The second kappa shape index (κ2) is 8.79. The molecular formula is C20H19F2NO5S. The van der Waals surface area contributed by atoms with Gasteiger partial charge in [0.1, 0.15) is 0 Å². The fourth-order valence-electron chi connectivity index (χ4n) is 2.98. The molecule has 0 saturated carbocycles. The first-order valence-electron chi connectivity index (χ1n) is 9.04. The number of hydrogen-bond acceptors (Lipinski definition) is 5. The number of sulfonamides is 1. The van der Waals surface area contributed by atoms with Crippen LogP contribution in [0.2, 0.25) is 0 Å². The average molecular weight is 423 g/mol. The highest BCUT2D eigenvalue weighted by molar-refractivity contribution is 7.89. The number of ketones is 1. The molecule has 0 atom stereocenters. The zero-order chi connectivity index (χ0) is 21.0. The molecule has 0 aromatic heterocycles. The molecule has 0 spiro atoms. The molecule has 1 fully saturated rings. The third kappa shape index (κ3) is 4.86. The maximum absolute atomic E-state index is 13.2. The van der Waals surface area contributed by atoms with E-state index in [0.29, 0.717) is 13.1 Å². The number of esters is 1. The number of ether oxygens (including phenoxy) is 1. The minimum atomic E-state index is -3.61. The van der Waals surface area contributed by atoms with Crippen molar-refractivity contribution >= 4 is 21.8 Å². The molecule has 1 aliphatic rings. The third-order valence-electron chi connectivity index (χ3n) is 4.62. The molecule has 0 bridgehead atoms. The van der Waals surface area contributed by atoms with Gasteiger partial charge in [0.25, 0.3) is 0 Å². The highest BCUT2D eigenvalue weighted by Crippen LogP contribution is 2.21. The van der Waals surface area contributed by atoms with Gasteiger partial charge < -0.3 is 4.74 Å². The van der Waals surface area contributed by atoms with Gasteiger partial charge in [0.05, 0.1) is 10.5 Å². The number of rotatable bonds is 6. The fourth-order valence-corrected chi connectivity index (χ4v) is 4.50. The third-order valence-corrected chi connectivity index (χ3v) is 6.53. The molecule has 9 heteroatoms. The SMILES string of the molecule is O=C(COC(=O)c1ccc(S(=O)(=O)N2CCCCC2)cc1)c1ccc(F)c(F)c1. The van der Waals surface area contributed by atoms with E-state index in [-0.39, 0.29) is 16.0 Å². The monoisotopic (exact) mass is 423 g/mol. The molecule has 0 amide bonds. The standard InChI is InChI=1S/C20H19F2NO5S/c21-17-9-6-15(12-18(17)22)19(24)13-28-20(25)14-4-7-16(8-5-14)29(26,27)23-10-2-1-3-11-23/h4-9,12H,1-3,10-11,13H2. The normalized spacial score (nSPS) is 15.1. The van der Waals surface area contributed by atoms with Crippen LogP contribution in [0.5, 0.6) is 0 Å². The lowest BCUT2D eigenvalue weighted by molar-refractivity contribution is 0.0474. The van der Waals surface area contributed by atoms with Gasteiger partial charge in [-0.25, -0.2) is 22.0 Å². The van der Waals surface area contributed by atoms with E-state index < -0.39 is 40.0 Å². The topological polar surface area (TPSA) is 80.8 Å². The predicted molar refractivity (Wildman–Crippen MR) is 100 cm³/mol. The largest absolute Gasteiger partial charge is 0.454 e. The zero-order valence-corrected chi connectivity index (χ0v) is 16.3. The minimum Gasteiger partial charge on any atom is -0.454 e. The molecule has 0 unspecified atom stereocenters. The van der Waals surface area contributed by atoms with Gasteiger partial charge in [-0.1, -0.05) is 6.42 Å². The maximum Gasteiger partial charge on any atom is 0.338 e. The van der Waals surface area contributed by atoms with E-state index in [4.69, 9.17) is 4.74 Å². The number of halogens is 2. The number of hydrogen-bond donors (Lipinski definition) is 0. The Morgan fingerprint density at radius 1 is 0.897 bits per heavy atom. The number of piperidine rings is 1. The Bertz CT molecular complexity index is 1020. The summed E-state index contributed by atoms with van der Waals surface area (Å²) in [6.45, 7) is 0.286. The Balaban J connectivity index is 1.62. The van der Waals surface area contributed by atoms with Crippen molar-refractivity contribution in [3.05, 3.63) is 65.2 Å². The first-order chi connectivity index (χ1) is 13.8. The lowest BCUT2D eigenvalue weighted by Gasteiger charge is -2.25. The van der Waals surface area contributed by atoms with Crippen molar-refractivity contribution < 1.29 is 31.5 Å². The van der Waals surface area contributed by atoms with E-state index in [1.807, 2.05) is 0 Å². The van der Waals surface area contributed by atoms with Crippen LogP contribution in [0.25, 0.3) is 0 Å². The predicted octanol–water partition coefficient (Wildman–Crippen LogP) is 3.18. The summed E-state index contributed by atoms with van der Waals surface area (Å²) in [4.78, 5) is 24.1. The van der Waals surface area contributed by atoms with Gasteiger partial charge in [0.15, 0.2) is 24.0 Å². The minimum absolute atomic E-state index is 0.0701. The van der Waals surface area contributed by atoms with Gasteiger partial charge in [-0.15, -0.1) is 0 Å². The summed E-state index contributed by atoms with van der Waals surface area (Å²) >= 11 is 0. The lowest BCUT2D eigenvalue weighted by Crippen LogP contribution is -2.35. The van der Waals surface area contributed by atoms with Crippen LogP contribution in [0.3, 0.4) is 0 Å². The highest BCUT2D eigenvalue weighted by Gasteiger charge is 2.26. The molecule has 154 valence electrons. The number of carbonyl (C=O) groups excluding carboxylic acids is 2. The van der Waals surface area contributed by atoms with Crippen LogP contribution in [-0.2, 0) is 14.8 Å². The molecule has 1 heterocycles. The van der Waals surface area contributed by atoms with E-state index in [9.17, 15) is 26.8 Å². The summed E-state index contributed by atoms with van der Waals surface area (Å²) in [7, 11) is -3.61. The highest BCUT2D eigenvalue weighted by atomic mass is 32.2. The molecule has 3 rings (SSSR count). The maximum atomic E-state index is 13.2. The summed E-state index contributed by atoms with van der Waals surface area (Å²) < 4.78 is 57.6. The van der Waals surface area contributed by atoms with Gasteiger partial charge in [0, 0.05) is 18.7 Å². The second-order valence-electron chi connectivity index (χ2n) is 6.62. The lowest BCUT2D eigenvalue weighted by atomic mass is 10.1. The van der Waals surface area contributed by atoms with E-state index in [2.05, 4.69) is 0 Å². The molecule has 0 radical (unpaired) electrons. The van der Waals surface area contributed by atoms with Gasteiger partial charge in [-0.2, -0.15) is 4.31 Å². The van der Waals surface area contributed by atoms with Gasteiger partial charge in [-0.05, 0) is 55.3 Å². The Morgan fingerprint density at radius 3 is 2.14 bits per heavy atom. The van der Waals surface area contributed by atoms with Crippen molar-refractivity contribution in [3.63, 3.8) is 0 Å². The van der Waals surface area contributed by atoms with Crippen LogP contribution >= 0.6 is 0 Å². The van der Waals surface area contributed by atoms with Crippen LogP contribution < -0.4 is 0 Å². The Morgan fingerprint density at radius 2 is 1.52 bits per heavy atom. The van der Waals surface area contributed by atoms with Crippen LogP contribution in [0.4, 0.5) is 8.78 Å². The molecule has 29 heavy (non-hydrogen) atoms. The quantitative estimate of drug-likeness (QED) is 0.527. The van der Waals surface area contributed by atoms with Gasteiger partial charge in [0.2, 0.25) is 10.0 Å². The first-order valence-corrected chi connectivity index (χ1v) is 10.5. The summed E-state index contributed by atoms with van der Waals surface area (Å²) in [5.74, 6) is -3.78. The van der Waals surface area contributed by atoms with Crippen LogP contribution in [0.1, 0.15) is 40.0 Å². The van der Waals surface area contributed by atoms with E-state index in [0.717, 1.165) is 37.5 Å². The molecule has 2 aromatic rings. The summed E-state index contributed by atoms with van der Waals surface area (Å²) in [5.41, 5.74) is -0.0552.